The molecule has 0 aliphatic carbocycles. The average Bonchev–Trinajstić information content (AvgIpc) is 3.12. The Morgan fingerprint density at radius 2 is 1.82 bits per heavy atom. The van der Waals surface area contributed by atoms with Crippen molar-refractivity contribution in [3.8, 4) is 23.1 Å². The zero-order chi connectivity index (χ0) is 19.7. The highest BCUT2D eigenvalue weighted by Crippen LogP contribution is 2.28. The SMILES string of the molecule is CC#Cc1cnc2cnc(-c3ccc(C(=O)N4CCCCC4)c(C)c3C)cn12. The van der Waals surface area contributed by atoms with Crippen LogP contribution in [0.5, 0.6) is 0 Å². The van der Waals surface area contributed by atoms with Crippen LogP contribution in [0, 0.1) is 25.7 Å². The monoisotopic (exact) mass is 372 g/mol. The number of carbonyl (C=O) groups excluding carboxylic acids is 1. The molecular weight excluding hydrogens is 348 g/mol. The maximum absolute atomic E-state index is 13.0. The third kappa shape index (κ3) is 3.16. The summed E-state index contributed by atoms with van der Waals surface area (Å²) in [5.74, 6) is 6.13. The summed E-state index contributed by atoms with van der Waals surface area (Å²) < 4.78 is 1.96. The van der Waals surface area contributed by atoms with Gasteiger partial charge in [0, 0.05) is 30.4 Å². The van der Waals surface area contributed by atoms with Crippen molar-refractivity contribution in [1.29, 1.82) is 0 Å². The number of rotatable bonds is 2. The summed E-state index contributed by atoms with van der Waals surface area (Å²) in [4.78, 5) is 23.9. The van der Waals surface area contributed by atoms with Gasteiger partial charge in [-0.2, -0.15) is 0 Å². The summed E-state index contributed by atoms with van der Waals surface area (Å²) in [5, 5.41) is 0. The molecule has 0 unspecified atom stereocenters. The fourth-order valence-electron chi connectivity index (χ4n) is 3.85. The van der Waals surface area contributed by atoms with Gasteiger partial charge < -0.3 is 4.90 Å². The molecule has 1 fully saturated rings. The third-order valence-electron chi connectivity index (χ3n) is 5.59. The molecule has 28 heavy (non-hydrogen) atoms. The molecule has 2 aromatic heterocycles. The standard InChI is InChI=1S/C23H24N4O/c1-4-8-18-13-25-22-14-24-21(15-27(18)22)19-9-10-20(17(3)16(19)2)23(28)26-11-6-5-7-12-26/h9-10,13-15H,5-7,11-12H2,1-3H3. The van der Waals surface area contributed by atoms with E-state index in [4.69, 9.17) is 0 Å². The Balaban J connectivity index is 1.73. The van der Waals surface area contributed by atoms with Gasteiger partial charge in [-0.15, -0.1) is 0 Å². The van der Waals surface area contributed by atoms with Gasteiger partial charge >= 0.3 is 0 Å². The van der Waals surface area contributed by atoms with Crippen LogP contribution in [-0.2, 0) is 0 Å². The molecule has 1 aromatic carbocycles. The smallest absolute Gasteiger partial charge is 0.254 e. The number of carbonyl (C=O) groups is 1. The van der Waals surface area contributed by atoms with Gasteiger partial charge in [0.25, 0.3) is 5.91 Å². The average molecular weight is 372 g/mol. The quantitative estimate of drug-likeness (QED) is 0.639. The van der Waals surface area contributed by atoms with Crippen molar-refractivity contribution >= 4 is 11.6 Å². The minimum Gasteiger partial charge on any atom is -0.339 e. The first-order valence-electron chi connectivity index (χ1n) is 9.76. The predicted molar refractivity (Wildman–Crippen MR) is 110 cm³/mol. The van der Waals surface area contributed by atoms with E-state index in [9.17, 15) is 4.79 Å². The molecule has 5 heteroatoms. The summed E-state index contributed by atoms with van der Waals surface area (Å²) in [6.45, 7) is 7.62. The van der Waals surface area contributed by atoms with Crippen LogP contribution in [0.4, 0.5) is 0 Å². The number of likely N-dealkylation sites (tertiary alicyclic amines) is 1. The molecule has 0 atom stereocenters. The summed E-state index contributed by atoms with van der Waals surface area (Å²) in [5.41, 5.74) is 6.39. The van der Waals surface area contributed by atoms with Crippen LogP contribution in [0.25, 0.3) is 16.9 Å². The van der Waals surface area contributed by atoms with Crippen molar-refractivity contribution in [2.75, 3.05) is 13.1 Å². The van der Waals surface area contributed by atoms with E-state index in [-0.39, 0.29) is 5.91 Å². The van der Waals surface area contributed by atoms with E-state index in [1.165, 1.54) is 6.42 Å². The molecule has 3 aromatic rings. The summed E-state index contributed by atoms with van der Waals surface area (Å²) in [6.07, 6.45) is 8.90. The molecular formula is C23H24N4O. The van der Waals surface area contributed by atoms with Gasteiger partial charge in [0.2, 0.25) is 0 Å². The van der Waals surface area contributed by atoms with Gasteiger partial charge in [-0.05, 0) is 63.1 Å². The van der Waals surface area contributed by atoms with Crippen LogP contribution < -0.4 is 0 Å². The Kier molecular flexibility index (Phi) is 4.87. The normalized spacial score (nSPS) is 14.0. The molecule has 0 saturated carbocycles. The number of amides is 1. The molecule has 1 aliphatic heterocycles. The topological polar surface area (TPSA) is 50.5 Å². The van der Waals surface area contributed by atoms with Crippen LogP contribution in [0.3, 0.4) is 0 Å². The fraction of sp³-hybridized carbons (Fsp3) is 0.348. The Bertz CT molecular complexity index is 1110. The van der Waals surface area contributed by atoms with E-state index >= 15 is 0 Å². The van der Waals surface area contributed by atoms with Crippen molar-refractivity contribution in [2.24, 2.45) is 0 Å². The lowest BCUT2D eigenvalue weighted by atomic mass is 9.95. The summed E-state index contributed by atoms with van der Waals surface area (Å²) in [7, 11) is 0. The lowest BCUT2D eigenvalue weighted by Crippen LogP contribution is -2.36. The predicted octanol–water partition coefficient (Wildman–Crippen LogP) is 4.01. The Hall–Kier alpha value is -3.13. The van der Waals surface area contributed by atoms with Crippen LogP contribution >= 0.6 is 0 Å². The van der Waals surface area contributed by atoms with E-state index in [0.29, 0.717) is 0 Å². The van der Waals surface area contributed by atoms with E-state index in [0.717, 1.165) is 65.2 Å². The molecule has 1 aliphatic rings. The Morgan fingerprint density at radius 3 is 2.57 bits per heavy atom. The van der Waals surface area contributed by atoms with Gasteiger partial charge in [-0.3, -0.25) is 14.2 Å². The molecule has 142 valence electrons. The molecule has 0 N–H and O–H groups in total. The number of piperidine rings is 1. The largest absolute Gasteiger partial charge is 0.339 e. The van der Waals surface area contributed by atoms with E-state index in [2.05, 4.69) is 28.7 Å². The van der Waals surface area contributed by atoms with Crippen LogP contribution in [0.15, 0.2) is 30.7 Å². The molecule has 5 nitrogen and oxygen atoms in total. The highest BCUT2D eigenvalue weighted by atomic mass is 16.2. The van der Waals surface area contributed by atoms with Crippen molar-refractivity contribution in [3.05, 3.63) is 53.1 Å². The van der Waals surface area contributed by atoms with Crippen molar-refractivity contribution < 1.29 is 4.79 Å². The number of fused-ring (bicyclic) bond motifs is 1. The van der Waals surface area contributed by atoms with Gasteiger partial charge in [-0.1, -0.05) is 12.0 Å². The number of aromatic nitrogens is 3. The highest BCUT2D eigenvalue weighted by molar-refractivity contribution is 5.96. The molecule has 3 heterocycles. The number of hydrogen-bond acceptors (Lipinski definition) is 3. The van der Waals surface area contributed by atoms with Gasteiger partial charge in [0.1, 0.15) is 5.69 Å². The first-order valence-corrected chi connectivity index (χ1v) is 9.76. The number of hydrogen-bond donors (Lipinski definition) is 0. The second-order valence-electron chi connectivity index (χ2n) is 7.28. The lowest BCUT2D eigenvalue weighted by Gasteiger charge is -2.27. The van der Waals surface area contributed by atoms with Crippen LogP contribution in [0.2, 0.25) is 0 Å². The van der Waals surface area contributed by atoms with E-state index in [1.54, 1.807) is 12.4 Å². The molecule has 1 saturated heterocycles. The maximum atomic E-state index is 13.0. The van der Waals surface area contributed by atoms with E-state index in [1.807, 2.05) is 41.5 Å². The van der Waals surface area contributed by atoms with Gasteiger partial charge in [-0.25, -0.2) is 4.98 Å². The number of benzene rings is 1. The first kappa shape index (κ1) is 18.2. The van der Waals surface area contributed by atoms with Crippen molar-refractivity contribution in [3.63, 3.8) is 0 Å². The maximum Gasteiger partial charge on any atom is 0.254 e. The first-order chi connectivity index (χ1) is 13.6. The molecule has 1 amide bonds. The third-order valence-corrected chi connectivity index (χ3v) is 5.59. The Morgan fingerprint density at radius 1 is 1.04 bits per heavy atom. The van der Waals surface area contributed by atoms with Crippen LogP contribution in [0.1, 0.15) is 53.4 Å². The zero-order valence-electron chi connectivity index (χ0n) is 16.6. The van der Waals surface area contributed by atoms with Gasteiger partial charge in [0.15, 0.2) is 5.65 Å². The second kappa shape index (κ2) is 7.47. The highest BCUT2D eigenvalue weighted by Gasteiger charge is 2.21. The lowest BCUT2D eigenvalue weighted by molar-refractivity contribution is 0.0723. The molecule has 4 rings (SSSR count). The van der Waals surface area contributed by atoms with E-state index < -0.39 is 0 Å². The fourth-order valence-corrected chi connectivity index (χ4v) is 3.85. The number of nitrogens with zero attached hydrogens (tertiary/aromatic N) is 4. The molecule has 0 radical (unpaired) electrons. The second-order valence-corrected chi connectivity index (χ2v) is 7.28. The number of imidazole rings is 1. The minimum absolute atomic E-state index is 0.144. The zero-order valence-corrected chi connectivity index (χ0v) is 16.6. The molecule has 0 bridgehead atoms. The molecule has 0 spiro atoms. The van der Waals surface area contributed by atoms with Crippen molar-refractivity contribution in [1.82, 2.24) is 19.3 Å². The van der Waals surface area contributed by atoms with Gasteiger partial charge in [0.05, 0.1) is 18.1 Å². The minimum atomic E-state index is 0.144. The Labute approximate surface area is 165 Å². The summed E-state index contributed by atoms with van der Waals surface area (Å²) in [6, 6.07) is 3.96. The van der Waals surface area contributed by atoms with Crippen LogP contribution in [-0.4, -0.2) is 38.3 Å². The summed E-state index contributed by atoms with van der Waals surface area (Å²) >= 11 is 0. The van der Waals surface area contributed by atoms with Crippen molar-refractivity contribution in [2.45, 2.75) is 40.0 Å².